The lowest BCUT2D eigenvalue weighted by atomic mass is 10.1. The molecule has 1 aliphatic rings. The first-order chi connectivity index (χ1) is 11.4. The van der Waals surface area contributed by atoms with E-state index in [9.17, 15) is 18.0 Å². The van der Waals surface area contributed by atoms with Gasteiger partial charge in [0.25, 0.3) is 0 Å². The first kappa shape index (κ1) is 19.0. The average Bonchev–Trinajstić information content (AvgIpc) is 3.04. The zero-order chi connectivity index (χ0) is 17.6. The van der Waals surface area contributed by atoms with E-state index in [2.05, 4.69) is 5.32 Å². The molecule has 8 heteroatoms. The van der Waals surface area contributed by atoms with E-state index in [0.29, 0.717) is 5.25 Å². The number of benzene rings is 1. The van der Waals surface area contributed by atoms with Gasteiger partial charge in [-0.15, -0.1) is 0 Å². The minimum atomic E-state index is -4.62. The van der Waals surface area contributed by atoms with E-state index in [1.165, 1.54) is 24.3 Å². The Kier molecular flexibility index (Phi) is 6.87. The maximum atomic E-state index is 12.9. The van der Waals surface area contributed by atoms with Crippen molar-refractivity contribution in [3.05, 3.63) is 29.3 Å². The van der Waals surface area contributed by atoms with Crippen molar-refractivity contribution in [2.24, 2.45) is 0 Å². The predicted octanol–water partition coefficient (Wildman–Crippen LogP) is 5.23. The molecule has 1 aliphatic heterocycles. The number of halogens is 3. The van der Waals surface area contributed by atoms with E-state index in [1.54, 1.807) is 0 Å². The van der Waals surface area contributed by atoms with Crippen molar-refractivity contribution in [1.82, 2.24) is 0 Å². The molecule has 1 unspecified atom stereocenters. The zero-order valence-electron chi connectivity index (χ0n) is 12.9. The van der Waals surface area contributed by atoms with Crippen LogP contribution in [0.1, 0.15) is 43.2 Å². The van der Waals surface area contributed by atoms with E-state index >= 15 is 0 Å². The standard InChI is InChI=1S/C16H17F3N2OS2/c17-16(18,19)14-9-12(6-5-11(14)10-20)21-15(22)4-2-1-3-13-7-8-23-24-13/h5-6,9,13H,1-4,7-8H2,(H,21,22). The van der Waals surface area contributed by atoms with Crippen LogP contribution in [-0.2, 0) is 11.0 Å². The fraction of sp³-hybridized carbons (Fsp3) is 0.500. The second-order valence-corrected chi connectivity index (χ2v) is 8.28. The summed E-state index contributed by atoms with van der Waals surface area (Å²) in [4.78, 5) is 11.9. The zero-order valence-corrected chi connectivity index (χ0v) is 14.5. The van der Waals surface area contributed by atoms with Gasteiger partial charge in [-0.3, -0.25) is 4.79 Å². The van der Waals surface area contributed by atoms with E-state index in [1.807, 2.05) is 21.6 Å². The van der Waals surface area contributed by atoms with Crippen molar-refractivity contribution < 1.29 is 18.0 Å². The predicted molar refractivity (Wildman–Crippen MR) is 91.7 cm³/mol. The maximum Gasteiger partial charge on any atom is 0.417 e. The second-order valence-electron chi connectivity index (χ2n) is 5.49. The normalized spacial score (nSPS) is 17.5. The van der Waals surface area contributed by atoms with Crippen LogP contribution in [0.2, 0.25) is 0 Å². The number of carbonyl (C=O) groups excluding carboxylic acids is 1. The molecule has 0 aliphatic carbocycles. The molecular formula is C16H17F3N2OS2. The summed E-state index contributed by atoms with van der Waals surface area (Å²) < 4.78 is 38.6. The Balaban J connectivity index is 1.84. The van der Waals surface area contributed by atoms with Gasteiger partial charge in [-0.25, -0.2) is 0 Å². The Morgan fingerprint density at radius 3 is 2.79 bits per heavy atom. The third-order valence-electron chi connectivity index (χ3n) is 3.64. The first-order valence-corrected chi connectivity index (χ1v) is 9.98. The molecule has 1 fully saturated rings. The lowest BCUT2D eigenvalue weighted by Gasteiger charge is -2.12. The minimum Gasteiger partial charge on any atom is -0.326 e. The van der Waals surface area contributed by atoms with E-state index < -0.39 is 17.3 Å². The average molecular weight is 374 g/mol. The van der Waals surface area contributed by atoms with Gasteiger partial charge in [-0.05, 0) is 37.5 Å². The largest absolute Gasteiger partial charge is 0.417 e. The minimum absolute atomic E-state index is 0.0640. The fourth-order valence-corrected chi connectivity index (χ4v) is 5.43. The highest BCUT2D eigenvalue weighted by Crippen LogP contribution is 2.40. The number of anilines is 1. The quantitative estimate of drug-likeness (QED) is 0.547. The molecule has 2 rings (SSSR count). The van der Waals surface area contributed by atoms with Gasteiger partial charge in [0.2, 0.25) is 5.91 Å². The molecule has 1 amide bonds. The number of hydrogen-bond acceptors (Lipinski definition) is 4. The van der Waals surface area contributed by atoms with Gasteiger partial charge in [-0.2, -0.15) is 18.4 Å². The topological polar surface area (TPSA) is 52.9 Å². The molecule has 1 atom stereocenters. The summed E-state index contributed by atoms with van der Waals surface area (Å²) in [6, 6.07) is 4.72. The van der Waals surface area contributed by atoms with Crippen LogP contribution in [0.5, 0.6) is 0 Å². The van der Waals surface area contributed by atoms with Crippen LogP contribution >= 0.6 is 21.6 Å². The number of unbranched alkanes of at least 4 members (excludes halogenated alkanes) is 1. The van der Waals surface area contributed by atoms with Crippen molar-refractivity contribution in [3.8, 4) is 6.07 Å². The van der Waals surface area contributed by atoms with Crippen LogP contribution in [-0.4, -0.2) is 16.9 Å². The number of hydrogen-bond donors (Lipinski definition) is 1. The Labute approximate surface area is 146 Å². The van der Waals surface area contributed by atoms with Gasteiger partial charge in [0.1, 0.15) is 0 Å². The van der Waals surface area contributed by atoms with E-state index in [0.717, 1.165) is 31.4 Å². The Morgan fingerprint density at radius 1 is 1.38 bits per heavy atom. The summed E-state index contributed by atoms with van der Waals surface area (Å²) in [5, 5.41) is 11.9. The molecule has 0 spiro atoms. The molecule has 24 heavy (non-hydrogen) atoms. The SMILES string of the molecule is N#Cc1ccc(NC(=O)CCCCC2CCSS2)cc1C(F)(F)F. The van der Waals surface area contributed by atoms with Gasteiger partial charge in [0.15, 0.2) is 0 Å². The number of nitriles is 1. The molecular weight excluding hydrogens is 357 g/mol. The summed E-state index contributed by atoms with van der Waals surface area (Å²) in [5.41, 5.74) is -1.42. The highest BCUT2D eigenvalue weighted by Gasteiger charge is 2.33. The van der Waals surface area contributed by atoms with Gasteiger partial charge in [-0.1, -0.05) is 28.0 Å². The Hall–Kier alpha value is -1.33. The molecule has 1 saturated heterocycles. The number of nitrogens with one attached hydrogen (secondary N) is 1. The number of amides is 1. The fourth-order valence-electron chi connectivity index (χ4n) is 2.40. The lowest BCUT2D eigenvalue weighted by molar-refractivity contribution is -0.137. The highest BCUT2D eigenvalue weighted by atomic mass is 33.1. The molecule has 1 aromatic carbocycles. The third kappa shape index (κ3) is 5.64. The van der Waals surface area contributed by atoms with Gasteiger partial charge in [0.05, 0.1) is 17.2 Å². The van der Waals surface area contributed by atoms with Crippen molar-refractivity contribution in [2.45, 2.75) is 43.5 Å². The molecule has 0 bridgehead atoms. The van der Waals surface area contributed by atoms with Crippen LogP contribution in [0.4, 0.5) is 18.9 Å². The van der Waals surface area contributed by atoms with Crippen LogP contribution in [0.25, 0.3) is 0 Å². The highest BCUT2D eigenvalue weighted by molar-refractivity contribution is 8.77. The summed E-state index contributed by atoms with van der Waals surface area (Å²) in [6.07, 6.45) is -0.412. The molecule has 130 valence electrons. The van der Waals surface area contributed by atoms with Crippen molar-refractivity contribution in [2.75, 3.05) is 11.1 Å². The summed E-state index contributed by atoms with van der Waals surface area (Å²) in [6.45, 7) is 0. The summed E-state index contributed by atoms with van der Waals surface area (Å²) in [7, 11) is 3.77. The number of nitrogens with zero attached hydrogens (tertiary/aromatic N) is 1. The van der Waals surface area contributed by atoms with E-state index in [4.69, 9.17) is 5.26 Å². The summed E-state index contributed by atoms with van der Waals surface area (Å²) >= 11 is 0. The number of rotatable bonds is 6. The third-order valence-corrected chi connectivity index (χ3v) is 6.64. The van der Waals surface area contributed by atoms with Crippen LogP contribution in [0.15, 0.2) is 18.2 Å². The molecule has 1 aromatic rings. The monoisotopic (exact) mass is 374 g/mol. The molecule has 1 heterocycles. The molecule has 1 N–H and O–H groups in total. The molecule has 0 saturated carbocycles. The van der Waals surface area contributed by atoms with Gasteiger partial charge < -0.3 is 5.32 Å². The Bertz CT molecular complexity index is 623. The smallest absolute Gasteiger partial charge is 0.326 e. The summed E-state index contributed by atoms with van der Waals surface area (Å²) in [5.74, 6) is 0.872. The van der Waals surface area contributed by atoms with Crippen LogP contribution in [0, 0.1) is 11.3 Å². The first-order valence-electron chi connectivity index (χ1n) is 7.59. The molecule has 0 radical (unpaired) electrons. The lowest BCUT2D eigenvalue weighted by Crippen LogP contribution is -2.13. The number of alkyl halides is 3. The van der Waals surface area contributed by atoms with Crippen LogP contribution < -0.4 is 5.32 Å². The molecule has 3 nitrogen and oxygen atoms in total. The van der Waals surface area contributed by atoms with Gasteiger partial charge >= 0.3 is 6.18 Å². The van der Waals surface area contributed by atoms with Crippen LogP contribution in [0.3, 0.4) is 0 Å². The maximum absolute atomic E-state index is 12.9. The second kappa shape index (κ2) is 8.67. The van der Waals surface area contributed by atoms with Gasteiger partial charge in [0, 0.05) is 23.1 Å². The van der Waals surface area contributed by atoms with E-state index in [-0.39, 0.29) is 18.0 Å². The molecule has 0 aromatic heterocycles. The number of carbonyl (C=O) groups is 1. The van der Waals surface area contributed by atoms with Crippen molar-refractivity contribution in [3.63, 3.8) is 0 Å². The Morgan fingerprint density at radius 2 is 2.17 bits per heavy atom. The van der Waals surface area contributed by atoms with Crippen molar-refractivity contribution >= 4 is 33.2 Å². The van der Waals surface area contributed by atoms with Crippen molar-refractivity contribution in [1.29, 1.82) is 5.26 Å².